The lowest BCUT2D eigenvalue weighted by molar-refractivity contribution is -0.869. The van der Waals surface area contributed by atoms with Crippen LogP contribution in [-0.2, 0) is 4.79 Å². The molecule has 0 spiro atoms. The molecule has 0 aromatic rings. The first-order valence-electron chi connectivity index (χ1n) is 2.94. The Balaban J connectivity index is 0. The Morgan fingerprint density at radius 3 is 1.90 bits per heavy atom. The fourth-order valence-electron chi connectivity index (χ4n) is 0.431. The maximum atomic E-state index is 10.0. The molecular formula is C6H14BrNO2. The third-order valence-corrected chi connectivity index (χ3v) is 0.996. The van der Waals surface area contributed by atoms with E-state index in [0.717, 1.165) is 0 Å². The summed E-state index contributed by atoms with van der Waals surface area (Å²) in [6, 6.07) is 0. The summed E-state index contributed by atoms with van der Waals surface area (Å²) < 4.78 is 0.715. The minimum absolute atomic E-state index is 0. The van der Waals surface area contributed by atoms with E-state index in [1.807, 2.05) is 21.1 Å². The van der Waals surface area contributed by atoms with Gasteiger partial charge in [0, 0.05) is 0 Å². The molecule has 4 heteroatoms. The second-order valence-corrected chi connectivity index (χ2v) is 3.16. The summed E-state index contributed by atoms with van der Waals surface area (Å²) in [6.07, 6.45) is 0.253. The number of carboxylic acids is 1. The van der Waals surface area contributed by atoms with Gasteiger partial charge in [-0.1, -0.05) is 0 Å². The first kappa shape index (κ1) is 12.6. The molecule has 0 heterocycles. The van der Waals surface area contributed by atoms with Crippen LogP contribution < -0.4 is 17.0 Å². The normalized spacial score (nSPS) is 10.3. The molecule has 62 valence electrons. The van der Waals surface area contributed by atoms with Gasteiger partial charge in [0.25, 0.3) is 0 Å². The Morgan fingerprint density at radius 2 is 1.80 bits per heavy atom. The third kappa shape index (κ3) is 10.8. The zero-order chi connectivity index (χ0) is 7.49. The van der Waals surface area contributed by atoms with Gasteiger partial charge < -0.3 is 26.6 Å². The zero-order valence-electron chi connectivity index (χ0n) is 6.59. The summed E-state index contributed by atoms with van der Waals surface area (Å²) in [4.78, 5) is 10.0. The second kappa shape index (κ2) is 4.68. The first-order chi connectivity index (χ1) is 3.92. The summed E-state index contributed by atoms with van der Waals surface area (Å²) >= 11 is 0. The van der Waals surface area contributed by atoms with Crippen LogP contribution in [0.2, 0.25) is 0 Å². The van der Waals surface area contributed by atoms with Gasteiger partial charge in [-0.15, -0.1) is 0 Å². The van der Waals surface area contributed by atoms with Gasteiger partial charge in [0.1, 0.15) is 0 Å². The zero-order valence-corrected chi connectivity index (χ0v) is 8.18. The van der Waals surface area contributed by atoms with E-state index < -0.39 is 5.97 Å². The number of hydrogen-bond acceptors (Lipinski definition) is 1. The van der Waals surface area contributed by atoms with Gasteiger partial charge in [-0.25, -0.2) is 0 Å². The Bertz CT molecular complexity index is 109. The number of carboxylic acid groups (broad SMARTS) is 1. The standard InChI is InChI=1S/C6H13NO2.BrH/c1-7(2,3)5-4-6(8)9;/h4-5H2,1-3H3;1H. The van der Waals surface area contributed by atoms with Crippen molar-refractivity contribution in [2.75, 3.05) is 27.7 Å². The molecule has 0 saturated heterocycles. The van der Waals surface area contributed by atoms with E-state index in [0.29, 0.717) is 11.0 Å². The Labute approximate surface area is 72.0 Å². The molecular weight excluding hydrogens is 198 g/mol. The van der Waals surface area contributed by atoms with Crippen LogP contribution in [0.1, 0.15) is 6.42 Å². The van der Waals surface area contributed by atoms with Gasteiger partial charge in [-0.05, 0) is 0 Å². The van der Waals surface area contributed by atoms with Crippen LogP contribution in [0.25, 0.3) is 0 Å². The lowest BCUT2D eigenvalue weighted by atomic mass is 10.4. The molecule has 10 heavy (non-hydrogen) atoms. The molecule has 0 bridgehead atoms. The van der Waals surface area contributed by atoms with E-state index in [2.05, 4.69) is 0 Å². The highest BCUT2D eigenvalue weighted by Crippen LogP contribution is 1.92. The van der Waals surface area contributed by atoms with Crippen molar-refractivity contribution in [2.45, 2.75) is 6.42 Å². The molecule has 0 amide bonds. The number of nitrogens with zero attached hydrogens (tertiary/aromatic N) is 1. The molecule has 0 saturated carbocycles. The van der Waals surface area contributed by atoms with Crippen molar-refractivity contribution in [3.05, 3.63) is 0 Å². The van der Waals surface area contributed by atoms with E-state index in [-0.39, 0.29) is 23.4 Å². The lowest BCUT2D eigenvalue weighted by Crippen LogP contribution is -3.00. The molecule has 3 nitrogen and oxygen atoms in total. The fourth-order valence-corrected chi connectivity index (χ4v) is 0.431. The number of carbonyl (C=O) groups is 1. The monoisotopic (exact) mass is 211 g/mol. The minimum Gasteiger partial charge on any atom is -1.00 e. The third-order valence-electron chi connectivity index (χ3n) is 0.996. The average Bonchev–Trinajstić information content (AvgIpc) is 1.59. The molecule has 0 aliphatic heterocycles. The highest BCUT2D eigenvalue weighted by atomic mass is 79.9. The van der Waals surface area contributed by atoms with Crippen LogP contribution in [0.3, 0.4) is 0 Å². The maximum absolute atomic E-state index is 10.0. The van der Waals surface area contributed by atoms with E-state index in [9.17, 15) is 4.79 Å². The molecule has 0 aliphatic carbocycles. The Hall–Kier alpha value is -0.0900. The van der Waals surface area contributed by atoms with Crippen molar-refractivity contribution in [3.63, 3.8) is 0 Å². The van der Waals surface area contributed by atoms with E-state index >= 15 is 0 Å². The number of hydrogen-bond donors (Lipinski definition) is 1. The molecule has 0 aliphatic rings. The smallest absolute Gasteiger partial charge is 0.309 e. The van der Waals surface area contributed by atoms with Gasteiger partial charge in [-0.2, -0.15) is 0 Å². The van der Waals surface area contributed by atoms with Crippen LogP contribution in [0.5, 0.6) is 0 Å². The SMILES string of the molecule is C[N+](C)(C)CCC(=O)O.[Br-]. The van der Waals surface area contributed by atoms with Gasteiger partial charge in [0.2, 0.25) is 0 Å². The van der Waals surface area contributed by atoms with Crippen molar-refractivity contribution >= 4 is 5.97 Å². The van der Waals surface area contributed by atoms with Crippen molar-refractivity contribution < 1.29 is 31.4 Å². The molecule has 0 aromatic heterocycles. The second-order valence-electron chi connectivity index (χ2n) is 3.16. The molecule has 0 rings (SSSR count). The Kier molecular flexibility index (Phi) is 5.89. The highest BCUT2D eigenvalue weighted by Gasteiger charge is 2.08. The van der Waals surface area contributed by atoms with Gasteiger partial charge in [0.05, 0.1) is 34.1 Å². The number of aliphatic carboxylic acids is 1. The molecule has 1 N–H and O–H groups in total. The summed E-state index contributed by atoms with van der Waals surface area (Å²) in [5.41, 5.74) is 0. The largest absolute Gasteiger partial charge is 1.00 e. The predicted octanol–water partition coefficient (Wildman–Crippen LogP) is -2.83. The van der Waals surface area contributed by atoms with E-state index in [4.69, 9.17) is 5.11 Å². The first-order valence-corrected chi connectivity index (χ1v) is 2.94. The molecule has 0 atom stereocenters. The van der Waals surface area contributed by atoms with Gasteiger partial charge >= 0.3 is 5.97 Å². The van der Waals surface area contributed by atoms with Crippen LogP contribution >= 0.6 is 0 Å². The van der Waals surface area contributed by atoms with Crippen LogP contribution in [0, 0.1) is 0 Å². The fraction of sp³-hybridized carbons (Fsp3) is 0.833. The number of halogens is 1. The van der Waals surface area contributed by atoms with E-state index in [1.165, 1.54) is 0 Å². The molecule has 0 fully saturated rings. The summed E-state index contributed by atoms with van der Waals surface area (Å²) in [7, 11) is 5.93. The minimum atomic E-state index is -0.719. The van der Waals surface area contributed by atoms with Gasteiger partial charge in [0.15, 0.2) is 0 Å². The number of quaternary nitrogens is 1. The van der Waals surface area contributed by atoms with Crippen molar-refractivity contribution in [1.29, 1.82) is 0 Å². The lowest BCUT2D eigenvalue weighted by Gasteiger charge is -2.22. The molecule has 0 unspecified atom stereocenters. The molecule has 0 aromatic carbocycles. The molecule has 0 radical (unpaired) electrons. The highest BCUT2D eigenvalue weighted by molar-refractivity contribution is 5.66. The summed E-state index contributed by atoms with van der Waals surface area (Å²) in [5, 5.41) is 8.27. The number of rotatable bonds is 3. The maximum Gasteiger partial charge on any atom is 0.309 e. The van der Waals surface area contributed by atoms with E-state index in [1.54, 1.807) is 0 Å². The topological polar surface area (TPSA) is 37.3 Å². The average molecular weight is 212 g/mol. The van der Waals surface area contributed by atoms with Gasteiger partial charge in [-0.3, -0.25) is 4.79 Å². The quantitative estimate of drug-likeness (QED) is 0.512. The van der Waals surface area contributed by atoms with Crippen LogP contribution in [0.15, 0.2) is 0 Å². The summed E-state index contributed by atoms with van der Waals surface area (Å²) in [6.45, 7) is 0.690. The predicted molar refractivity (Wildman–Crippen MR) is 35.2 cm³/mol. The van der Waals surface area contributed by atoms with Crippen LogP contribution in [0.4, 0.5) is 0 Å². The van der Waals surface area contributed by atoms with Crippen molar-refractivity contribution in [2.24, 2.45) is 0 Å². The Morgan fingerprint density at radius 1 is 1.40 bits per heavy atom. The van der Waals surface area contributed by atoms with Crippen molar-refractivity contribution in [1.82, 2.24) is 0 Å². The van der Waals surface area contributed by atoms with Crippen LogP contribution in [-0.4, -0.2) is 43.2 Å². The summed E-state index contributed by atoms with van der Waals surface area (Å²) in [5.74, 6) is -0.719. The van der Waals surface area contributed by atoms with Crippen molar-refractivity contribution in [3.8, 4) is 0 Å².